The van der Waals surface area contributed by atoms with Crippen LogP contribution in [0.1, 0.15) is 26.3 Å². The molecule has 1 fully saturated rings. The lowest BCUT2D eigenvalue weighted by molar-refractivity contribution is 0.0303. The Morgan fingerprint density at radius 1 is 1.07 bits per heavy atom. The summed E-state index contributed by atoms with van der Waals surface area (Å²) in [6, 6.07) is 13.2. The molecule has 0 radical (unpaired) electrons. The van der Waals surface area contributed by atoms with Crippen LogP contribution in [-0.2, 0) is 4.74 Å². The van der Waals surface area contributed by atoms with E-state index in [9.17, 15) is 9.59 Å². The number of pyridine rings is 1. The number of ether oxygens (including phenoxy) is 1. The zero-order valence-corrected chi connectivity index (χ0v) is 16.9. The topological polar surface area (TPSA) is 71.5 Å². The molecule has 148 valence electrons. The summed E-state index contributed by atoms with van der Waals surface area (Å²) in [4.78, 5) is 32.8. The first kappa shape index (κ1) is 19.3. The van der Waals surface area contributed by atoms with Gasteiger partial charge in [0.25, 0.3) is 11.8 Å². The molecular formula is C22H21N3O3S. The number of benzene rings is 1. The number of rotatable bonds is 4. The maximum atomic E-state index is 13.3. The Balaban J connectivity index is 1.73. The van der Waals surface area contributed by atoms with E-state index in [0.29, 0.717) is 42.4 Å². The summed E-state index contributed by atoms with van der Waals surface area (Å²) in [7, 11) is 0. The standard InChI is InChI=1S/C22H21N3O3S/c1-15-18(22(27)25-11-13-28-14-12-25)21(24-20(26)17-7-9-23-10-8-17)29-19(15)16-5-3-2-4-6-16/h2-10H,11-14H2,1H3,(H,24,26). The Bertz CT molecular complexity index is 1010. The molecule has 7 heteroatoms. The maximum Gasteiger partial charge on any atom is 0.257 e. The molecule has 0 atom stereocenters. The van der Waals surface area contributed by atoms with E-state index < -0.39 is 0 Å². The van der Waals surface area contributed by atoms with Crippen LogP contribution in [0.25, 0.3) is 10.4 Å². The second kappa shape index (κ2) is 8.55. The van der Waals surface area contributed by atoms with Gasteiger partial charge in [0.1, 0.15) is 5.00 Å². The lowest BCUT2D eigenvalue weighted by Gasteiger charge is -2.27. The van der Waals surface area contributed by atoms with Gasteiger partial charge in [0, 0.05) is 35.9 Å². The number of morpholine rings is 1. The second-order valence-electron chi connectivity index (χ2n) is 6.72. The second-order valence-corrected chi connectivity index (χ2v) is 7.74. The lowest BCUT2D eigenvalue weighted by atomic mass is 10.1. The molecule has 6 nitrogen and oxygen atoms in total. The molecule has 1 N–H and O–H groups in total. The van der Waals surface area contributed by atoms with Gasteiger partial charge >= 0.3 is 0 Å². The van der Waals surface area contributed by atoms with E-state index in [1.165, 1.54) is 11.3 Å². The first-order valence-electron chi connectivity index (χ1n) is 9.42. The normalized spacial score (nSPS) is 13.9. The first-order valence-corrected chi connectivity index (χ1v) is 10.2. The van der Waals surface area contributed by atoms with Gasteiger partial charge in [0.2, 0.25) is 0 Å². The smallest absolute Gasteiger partial charge is 0.257 e. The van der Waals surface area contributed by atoms with Gasteiger partial charge < -0.3 is 15.0 Å². The Morgan fingerprint density at radius 2 is 1.76 bits per heavy atom. The molecule has 0 aliphatic carbocycles. The van der Waals surface area contributed by atoms with Crippen molar-refractivity contribution in [2.45, 2.75) is 6.92 Å². The quantitative estimate of drug-likeness (QED) is 0.713. The van der Waals surface area contributed by atoms with Crippen molar-refractivity contribution in [3.05, 3.63) is 71.5 Å². The molecule has 4 rings (SSSR count). The molecule has 1 saturated heterocycles. The Labute approximate surface area is 173 Å². The predicted molar refractivity (Wildman–Crippen MR) is 113 cm³/mol. The van der Waals surface area contributed by atoms with Crippen LogP contribution in [0.3, 0.4) is 0 Å². The van der Waals surface area contributed by atoms with Crippen molar-refractivity contribution in [3.8, 4) is 10.4 Å². The summed E-state index contributed by atoms with van der Waals surface area (Å²) in [5.74, 6) is -0.335. The highest BCUT2D eigenvalue weighted by atomic mass is 32.1. The van der Waals surface area contributed by atoms with Crippen molar-refractivity contribution in [1.82, 2.24) is 9.88 Å². The average molecular weight is 407 g/mol. The van der Waals surface area contributed by atoms with Crippen LogP contribution in [0, 0.1) is 6.92 Å². The number of carbonyl (C=O) groups excluding carboxylic acids is 2. The fourth-order valence-corrected chi connectivity index (χ4v) is 4.53. The van der Waals surface area contributed by atoms with Crippen molar-refractivity contribution in [2.24, 2.45) is 0 Å². The van der Waals surface area contributed by atoms with Crippen molar-refractivity contribution in [2.75, 3.05) is 31.6 Å². The summed E-state index contributed by atoms with van der Waals surface area (Å²) in [5, 5.41) is 3.52. The number of carbonyl (C=O) groups is 2. The fourth-order valence-electron chi connectivity index (χ4n) is 3.33. The molecule has 1 aromatic carbocycles. The summed E-state index contributed by atoms with van der Waals surface area (Å²) in [6.45, 7) is 4.09. The highest BCUT2D eigenvalue weighted by Gasteiger charge is 2.28. The number of anilines is 1. The van der Waals surface area contributed by atoms with E-state index in [2.05, 4.69) is 10.3 Å². The number of thiophene rings is 1. The maximum absolute atomic E-state index is 13.3. The molecule has 2 aromatic heterocycles. The third-order valence-electron chi connectivity index (χ3n) is 4.86. The first-order chi connectivity index (χ1) is 14.1. The van der Waals surface area contributed by atoms with Gasteiger partial charge in [-0.3, -0.25) is 14.6 Å². The third-order valence-corrected chi connectivity index (χ3v) is 6.12. The molecular weight excluding hydrogens is 386 g/mol. The number of nitrogens with zero attached hydrogens (tertiary/aromatic N) is 2. The van der Waals surface area contributed by atoms with Crippen molar-refractivity contribution < 1.29 is 14.3 Å². The molecule has 2 amide bonds. The minimum Gasteiger partial charge on any atom is -0.378 e. The number of aromatic nitrogens is 1. The molecule has 0 bridgehead atoms. The number of hydrogen-bond donors (Lipinski definition) is 1. The van der Waals surface area contributed by atoms with Crippen LogP contribution in [-0.4, -0.2) is 48.0 Å². The van der Waals surface area contributed by atoms with Gasteiger partial charge in [0.05, 0.1) is 18.8 Å². The van der Waals surface area contributed by atoms with E-state index in [0.717, 1.165) is 16.0 Å². The van der Waals surface area contributed by atoms with E-state index in [-0.39, 0.29) is 11.8 Å². The van der Waals surface area contributed by atoms with Crippen molar-refractivity contribution >= 4 is 28.2 Å². The highest BCUT2D eigenvalue weighted by Crippen LogP contribution is 2.40. The number of nitrogens with one attached hydrogen (secondary N) is 1. The SMILES string of the molecule is Cc1c(-c2ccccc2)sc(NC(=O)c2ccncc2)c1C(=O)N1CCOCC1. The van der Waals surface area contributed by atoms with Gasteiger partial charge in [-0.05, 0) is 30.2 Å². The molecule has 0 unspecified atom stereocenters. The van der Waals surface area contributed by atoms with E-state index in [4.69, 9.17) is 4.74 Å². The van der Waals surface area contributed by atoms with Crippen LogP contribution >= 0.6 is 11.3 Å². The Kier molecular flexibility index (Phi) is 5.69. The fraction of sp³-hybridized carbons (Fsp3) is 0.227. The molecule has 3 aromatic rings. The Morgan fingerprint density at radius 3 is 2.45 bits per heavy atom. The lowest BCUT2D eigenvalue weighted by Crippen LogP contribution is -2.41. The minimum atomic E-state index is -0.260. The van der Waals surface area contributed by atoms with Crippen molar-refractivity contribution in [3.63, 3.8) is 0 Å². The molecule has 3 heterocycles. The monoisotopic (exact) mass is 407 g/mol. The van der Waals surface area contributed by atoms with Crippen LogP contribution in [0.15, 0.2) is 54.9 Å². The van der Waals surface area contributed by atoms with E-state index in [1.54, 1.807) is 29.4 Å². The van der Waals surface area contributed by atoms with E-state index >= 15 is 0 Å². The van der Waals surface area contributed by atoms with Crippen LogP contribution in [0.2, 0.25) is 0 Å². The van der Waals surface area contributed by atoms with Crippen molar-refractivity contribution in [1.29, 1.82) is 0 Å². The summed E-state index contributed by atoms with van der Waals surface area (Å²) in [6.07, 6.45) is 3.15. The number of hydrogen-bond acceptors (Lipinski definition) is 5. The molecule has 0 spiro atoms. The largest absolute Gasteiger partial charge is 0.378 e. The van der Waals surface area contributed by atoms with E-state index in [1.807, 2.05) is 37.3 Å². The Hall–Kier alpha value is -3.03. The predicted octanol–water partition coefficient (Wildman–Crippen LogP) is 3.84. The molecule has 1 aliphatic heterocycles. The zero-order chi connectivity index (χ0) is 20.2. The van der Waals surface area contributed by atoms with Gasteiger partial charge in [-0.25, -0.2) is 0 Å². The van der Waals surface area contributed by atoms with Gasteiger partial charge in [-0.1, -0.05) is 30.3 Å². The van der Waals surface area contributed by atoms with Crippen LogP contribution in [0.5, 0.6) is 0 Å². The van der Waals surface area contributed by atoms with Crippen LogP contribution in [0.4, 0.5) is 5.00 Å². The minimum absolute atomic E-state index is 0.0748. The molecule has 0 saturated carbocycles. The van der Waals surface area contributed by atoms with Gasteiger partial charge in [-0.2, -0.15) is 0 Å². The summed E-state index contributed by atoms with van der Waals surface area (Å²) >= 11 is 1.43. The number of amides is 2. The van der Waals surface area contributed by atoms with Gasteiger partial charge in [-0.15, -0.1) is 11.3 Å². The molecule has 29 heavy (non-hydrogen) atoms. The summed E-state index contributed by atoms with van der Waals surface area (Å²) < 4.78 is 5.38. The third kappa shape index (κ3) is 4.06. The zero-order valence-electron chi connectivity index (χ0n) is 16.1. The summed E-state index contributed by atoms with van der Waals surface area (Å²) in [5.41, 5.74) is 2.95. The average Bonchev–Trinajstić information content (AvgIpc) is 3.10. The molecule has 1 aliphatic rings. The van der Waals surface area contributed by atoms with Gasteiger partial charge in [0.15, 0.2) is 0 Å². The highest BCUT2D eigenvalue weighted by molar-refractivity contribution is 7.20. The van der Waals surface area contributed by atoms with Crippen LogP contribution < -0.4 is 5.32 Å².